The minimum atomic E-state index is -0.762. The fraction of sp³-hybridized carbons (Fsp3) is 0.0455. The Kier molecular flexibility index (Phi) is 5.53. The number of aromatic nitrogens is 1. The maximum atomic E-state index is 13.9. The number of rotatable bonds is 3. The van der Waals surface area contributed by atoms with Gasteiger partial charge in [-0.05, 0) is 59.9 Å². The van der Waals surface area contributed by atoms with Crippen molar-refractivity contribution in [1.29, 1.82) is 5.26 Å². The summed E-state index contributed by atoms with van der Waals surface area (Å²) in [4.78, 5) is 16.2. The number of pyridine rings is 1. The molecule has 28 heavy (non-hydrogen) atoms. The molecule has 0 aliphatic rings. The number of halogens is 3. The van der Waals surface area contributed by atoms with E-state index < -0.39 is 23.2 Å². The summed E-state index contributed by atoms with van der Waals surface area (Å²) in [6.07, 6.45) is -0.291. The first-order valence-electron chi connectivity index (χ1n) is 8.12. The van der Waals surface area contributed by atoms with E-state index in [1.54, 1.807) is 6.07 Å². The molecule has 0 aliphatic carbocycles. The second-order valence-electron chi connectivity index (χ2n) is 5.80. The van der Waals surface area contributed by atoms with Crippen LogP contribution < -0.4 is 0 Å². The molecule has 1 heterocycles. The zero-order chi connectivity index (χ0) is 20.1. The Morgan fingerprint density at radius 1 is 1.00 bits per heavy atom. The van der Waals surface area contributed by atoms with Crippen molar-refractivity contribution in [3.8, 4) is 29.2 Å². The highest BCUT2D eigenvalue weighted by atomic mass is 19.1. The highest BCUT2D eigenvalue weighted by Crippen LogP contribution is 2.21. The Hall–Kier alpha value is -3.90. The van der Waals surface area contributed by atoms with Crippen LogP contribution in [0.5, 0.6) is 0 Å². The number of carbonyl (C=O) groups excluding carboxylic acids is 1. The van der Waals surface area contributed by atoms with Crippen LogP contribution in [0.15, 0.2) is 54.6 Å². The molecular weight excluding hydrogens is 365 g/mol. The zero-order valence-electron chi connectivity index (χ0n) is 14.3. The lowest BCUT2D eigenvalue weighted by atomic mass is 10.1. The minimum Gasteiger partial charge on any atom is -0.285 e. The van der Waals surface area contributed by atoms with Gasteiger partial charge in [0.1, 0.15) is 23.1 Å². The highest BCUT2D eigenvalue weighted by molar-refractivity contribution is 5.97. The van der Waals surface area contributed by atoms with E-state index in [-0.39, 0.29) is 34.5 Å². The molecule has 6 heteroatoms. The van der Waals surface area contributed by atoms with Gasteiger partial charge in [0, 0.05) is 18.1 Å². The molecule has 0 N–H and O–H groups in total. The lowest BCUT2D eigenvalue weighted by Gasteiger charge is -2.03. The second kappa shape index (κ2) is 8.20. The summed E-state index contributed by atoms with van der Waals surface area (Å²) in [5, 5.41) is 8.85. The van der Waals surface area contributed by atoms with Gasteiger partial charge in [-0.2, -0.15) is 5.26 Å². The van der Waals surface area contributed by atoms with Crippen LogP contribution in [0.1, 0.15) is 16.8 Å². The molecule has 0 fully saturated rings. The Labute approximate surface area is 159 Å². The number of benzene rings is 2. The van der Waals surface area contributed by atoms with Crippen molar-refractivity contribution in [2.75, 3.05) is 0 Å². The van der Waals surface area contributed by atoms with Gasteiger partial charge in [0.2, 0.25) is 5.78 Å². The van der Waals surface area contributed by atoms with Gasteiger partial charge in [-0.3, -0.25) is 4.79 Å². The number of ketones is 1. The van der Waals surface area contributed by atoms with Crippen LogP contribution in [-0.2, 0) is 11.2 Å². The number of Topliss-reactive ketones (excluding diaryl/α,β-unsaturated/α-hetero) is 1. The number of nitriles is 1. The molecule has 0 saturated carbocycles. The van der Waals surface area contributed by atoms with Crippen LogP contribution in [-0.4, -0.2) is 10.8 Å². The Bertz CT molecular complexity index is 1170. The van der Waals surface area contributed by atoms with Crippen LogP contribution in [0, 0.1) is 40.6 Å². The predicted molar refractivity (Wildman–Crippen MR) is 96.3 cm³/mol. The lowest BCUT2D eigenvalue weighted by molar-refractivity contribution is -0.113. The quantitative estimate of drug-likeness (QED) is 0.644. The van der Waals surface area contributed by atoms with Crippen LogP contribution in [0.4, 0.5) is 13.2 Å². The van der Waals surface area contributed by atoms with Crippen molar-refractivity contribution in [2.45, 2.75) is 6.42 Å². The van der Waals surface area contributed by atoms with Crippen molar-refractivity contribution < 1.29 is 18.0 Å². The van der Waals surface area contributed by atoms with E-state index in [1.165, 1.54) is 30.3 Å². The molecule has 1 aromatic heterocycles. The molecular formula is C22H11F3N2O. The van der Waals surface area contributed by atoms with Gasteiger partial charge in [0.05, 0.1) is 17.3 Å². The van der Waals surface area contributed by atoms with Gasteiger partial charge in [-0.15, -0.1) is 0 Å². The van der Waals surface area contributed by atoms with E-state index >= 15 is 0 Å². The SMILES string of the molecule is N#Cc1ccc(F)c(CC(=O)C#Cc2cccc(-c3ccc(F)cc3F)n2)c1. The van der Waals surface area contributed by atoms with Crippen molar-refractivity contribution in [3.63, 3.8) is 0 Å². The van der Waals surface area contributed by atoms with Gasteiger partial charge >= 0.3 is 0 Å². The van der Waals surface area contributed by atoms with Crippen LogP contribution in [0.2, 0.25) is 0 Å². The Morgan fingerprint density at radius 2 is 1.82 bits per heavy atom. The van der Waals surface area contributed by atoms with Crippen molar-refractivity contribution in [2.24, 2.45) is 0 Å². The van der Waals surface area contributed by atoms with Crippen molar-refractivity contribution >= 4 is 5.78 Å². The molecule has 0 aliphatic heterocycles. The van der Waals surface area contributed by atoms with E-state index in [0.29, 0.717) is 0 Å². The molecule has 2 aromatic carbocycles. The van der Waals surface area contributed by atoms with Crippen molar-refractivity contribution in [3.05, 3.63) is 88.9 Å². The van der Waals surface area contributed by atoms with Gasteiger partial charge in [-0.25, -0.2) is 18.2 Å². The fourth-order valence-electron chi connectivity index (χ4n) is 2.48. The third kappa shape index (κ3) is 4.44. The van der Waals surface area contributed by atoms with Gasteiger partial charge in [0.25, 0.3) is 0 Å². The van der Waals surface area contributed by atoms with Crippen LogP contribution in [0.3, 0.4) is 0 Å². The standard InChI is InChI=1S/C22H11F3N2O/c23-16-5-8-19(21(25)12-16)22-3-1-2-17(27-22)6-7-18(28)11-15-10-14(13-26)4-9-20(15)24/h1-5,8-10,12H,11H2. The van der Waals surface area contributed by atoms with Crippen LogP contribution >= 0.6 is 0 Å². The zero-order valence-corrected chi connectivity index (χ0v) is 14.3. The topological polar surface area (TPSA) is 53.8 Å². The summed E-state index contributed by atoms with van der Waals surface area (Å²) in [5.41, 5.74) is 0.874. The number of nitrogens with zero attached hydrogens (tertiary/aromatic N) is 2. The van der Waals surface area contributed by atoms with Gasteiger partial charge in [0.15, 0.2) is 0 Å². The number of hydrogen-bond acceptors (Lipinski definition) is 3. The molecule has 0 bridgehead atoms. The predicted octanol–water partition coefficient (Wildman–Crippen LogP) is 4.20. The molecule has 136 valence electrons. The minimum absolute atomic E-state index is 0.0773. The first-order chi connectivity index (χ1) is 13.5. The van der Waals surface area contributed by atoms with E-state index in [1.807, 2.05) is 6.07 Å². The third-order valence-electron chi connectivity index (χ3n) is 3.81. The summed E-state index contributed by atoms with van der Waals surface area (Å²) in [6, 6.07) is 13.4. The summed E-state index contributed by atoms with van der Waals surface area (Å²) in [6.45, 7) is 0. The number of hydrogen-bond donors (Lipinski definition) is 0. The third-order valence-corrected chi connectivity index (χ3v) is 3.81. The molecule has 0 atom stereocenters. The van der Waals surface area contributed by atoms with Gasteiger partial charge in [-0.1, -0.05) is 6.07 Å². The molecule has 0 saturated heterocycles. The maximum Gasteiger partial charge on any atom is 0.210 e. The second-order valence-corrected chi connectivity index (χ2v) is 5.80. The maximum absolute atomic E-state index is 13.9. The molecule has 3 aromatic rings. The molecule has 3 rings (SSSR count). The lowest BCUT2D eigenvalue weighted by Crippen LogP contribution is -2.02. The summed E-state index contributed by atoms with van der Waals surface area (Å²) in [5.74, 6) is 2.30. The van der Waals surface area contributed by atoms with E-state index in [4.69, 9.17) is 5.26 Å². The monoisotopic (exact) mass is 376 g/mol. The molecule has 3 nitrogen and oxygen atoms in total. The molecule has 0 amide bonds. The van der Waals surface area contributed by atoms with E-state index in [0.717, 1.165) is 18.2 Å². The molecule has 0 radical (unpaired) electrons. The number of carbonyl (C=O) groups is 1. The highest BCUT2D eigenvalue weighted by Gasteiger charge is 2.09. The summed E-state index contributed by atoms with van der Waals surface area (Å²) in [7, 11) is 0. The van der Waals surface area contributed by atoms with Crippen molar-refractivity contribution in [1.82, 2.24) is 4.98 Å². The first kappa shape index (κ1) is 18.9. The average molecular weight is 376 g/mol. The summed E-state index contributed by atoms with van der Waals surface area (Å²) < 4.78 is 40.7. The normalized spacial score (nSPS) is 9.93. The van der Waals surface area contributed by atoms with Gasteiger partial charge < -0.3 is 0 Å². The first-order valence-corrected chi connectivity index (χ1v) is 8.12. The summed E-state index contributed by atoms with van der Waals surface area (Å²) >= 11 is 0. The average Bonchev–Trinajstić information content (AvgIpc) is 2.68. The smallest absolute Gasteiger partial charge is 0.210 e. The molecule has 0 spiro atoms. The van der Waals surface area contributed by atoms with Crippen LogP contribution in [0.25, 0.3) is 11.3 Å². The van der Waals surface area contributed by atoms with E-state index in [9.17, 15) is 18.0 Å². The largest absolute Gasteiger partial charge is 0.285 e. The molecule has 0 unspecified atom stereocenters. The Balaban J connectivity index is 1.81. The fourth-order valence-corrected chi connectivity index (χ4v) is 2.48. The van der Waals surface area contributed by atoms with E-state index in [2.05, 4.69) is 16.8 Å². The Morgan fingerprint density at radius 3 is 2.57 bits per heavy atom.